The van der Waals surface area contributed by atoms with Crippen LogP contribution in [0.4, 0.5) is 0 Å². The zero-order chi connectivity index (χ0) is 10.1. The third-order valence-corrected chi connectivity index (χ3v) is 3.96. The van der Waals surface area contributed by atoms with E-state index < -0.39 is 0 Å². The first-order valence-electron chi connectivity index (χ1n) is 5.67. The summed E-state index contributed by atoms with van der Waals surface area (Å²) in [5, 5.41) is 2.77. The van der Waals surface area contributed by atoms with Crippen molar-refractivity contribution in [3.05, 3.63) is 0 Å². The number of likely N-dealkylation sites (tertiary alicyclic amines) is 1. The van der Waals surface area contributed by atoms with E-state index in [2.05, 4.69) is 17.3 Å². The Morgan fingerprint density at radius 3 is 2.71 bits per heavy atom. The van der Waals surface area contributed by atoms with E-state index in [4.69, 9.17) is 0 Å². The largest absolute Gasteiger partial charge is 0.358 e. The molecule has 1 N–H and O–H groups in total. The van der Waals surface area contributed by atoms with Crippen LogP contribution in [0.5, 0.6) is 0 Å². The van der Waals surface area contributed by atoms with Gasteiger partial charge in [0.1, 0.15) is 0 Å². The SMILES string of the molecule is CNC(=O)[C@@H]1C[C@@H]2CCCC[C@@H]2N1C. The van der Waals surface area contributed by atoms with E-state index in [1.165, 1.54) is 25.7 Å². The Kier molecular flexibility index (Phi) is 2.77. The van der Waals surface area contributed by atoms with Crippen LogP contribution in [0.3, 0.4) is 0 Å². The number of amides is 1. The van der Waals surface area contributed by atoms with E-state index in [1.807, 2.05) is 0 Å². The molecule has 0 aromatic carbocycles. The zero-order valence-electron chi connectivity index (χ0n) is 9.12. The number of carbonyl (C=O) groups is 1. The molecule has 1 aliphatic heterocycles. The summed E-state index contributed by atoms with van der Waals surface area (Å²) in [6.07, 6.45) is 6.37. The van der Waals surface area contributed by atoms with Crippen molar-refractivity contribution in [1.29, 1.82) is 0 Å². The maximum absolute atomic E-state index is 11.6. The highest BCUT2D eigenvalue weighted by Gasteiger charge is 2.42. The lowest BCUT2D eigenvalue weighted by Gasteiger charge is -2.30. The molecule has 0 radical (unpaired) electrons. The summed E-state index contributed by atoms with van der Waals surface area (Å²) in [6, 6.07) is 0.805. The van der Waals surface area contributed by atoms with Crippen molar-refractivity contribution in [3.63, 3.8) is 0 Å². The molecule has 1 saturated heterocycles. The lowest BCUT2D eigenvalue weighted by molar-refractivity contribution is -0.124. The molecule has 14 heavy (non-hydrogen) atoms. The van der Waals surface area contributed by atoms with Crippen LogP contribution in [-0.4, -0.2) is 37.0 Å². The minimum absolute atomic E-state index is 0.132. The van der Waals surface area contributed by atoms with Gasteiger partial charge in [0.05, 0.1) is 6.04 Å². The van der Waals surface area contributed by atoms with E-state index in [9.17, 15) is 4.79 Å². The molecule has 3 heteroatoms. The maximum Gasteiger partial charge on any atom is 0.237 e. The van der Waals surface area contributed by atoms with Gasteiger partial charge in [-0.05, 0) is 32.2 Å². The van der Waals surface area contributed by atoms with Crippen molar-refractivity contribution in [2.24, 2.45) is 5.92 Å². The molecule has 0 aromatic heterocycles. The van der Waals surface area contributed by atoms with Crippen LogP contribution in [-0.2, 0) is 4.79 Å². The topological polar surface area (TPSA) is 32.3 Å². The highest BCUT2D eigenvalue weighted by atomic mass is 16.2. The molecule has 2 rings (SSSR count). The smallest absolute Gasteiger partial charge is 0.237 e. The number of likely N-dealkylation sites (N-methyl/N-ethyl adjacent to an activating group) is 2. The lowest BCUT2D eigenvalue weighted by Crippen LogP contribution is -2.43. The minimum atomic E-state index is 0.132. The predicted molar refractivity (Wildman–Crippen MR) is 56.0 cm³/mol. The molecular formula is C11H20N2O. The van der Waals surface area contributed by atoms with Gasteiger partial charge in [-0.1, -0.05) is 12.8 Å². The van der Waals surface area contributed by atoms with Crippen LogP contribution in [0.25, 0.3) is 0 Å². The van der Waals surface area contributed by atoms with Crippen molar-refractivity contribution in [2.75, 3.05) is 14.1 Å². The fourth-order valence-electron chi connectivity index (χ4n) is 3.14. The first kappa shape index (κ1) is 9.97. The molecule has 2 fully saturated rings. The van der Waals surface area contributed by atoms with Gasteiger partial charge in [-0.2, -0.15) is 0 Å². The quantitative estimate of drug-likeness (QED) is 0.678. The summed E-state index contributed by atoms with van der Waals surface area (Å²) in [7, 11) is 3.84. The lowest BCUT2D eigenvalue weighted by atomic mass is 9.85. The Bertz CT molecular complexity index is 229. The van der Waals surface area contributed by atoms with Crippen LogP contribution in [0.1, 0.15) is 32.1 Å². The molecule has 0 unspecified atom stereocenters. The molecule has 1 heterocycles. The molecule has 0 aromatic rings. The summed E-state index contributed by atoms with van der Waals surface area (Å²) in [5.74, 6) is 0.970. The molecule has 2 aliphatic rings. The van der Waals surface area contributed by atoms with Crippen molar-refractivity contribution in [3.8, 4) is 0 Å². The highest BCUT2D eigenvalue weighted by molar-refractivity contribution is 5.81. The second kappa shape index (κ2) is 3.89. The Morgan fingerprint density at radius 2 is 2.07 bits per heavy atom. The van der Waals surface area contributed by atoms with Crippen LogP contribution in [0, 0.1) is 5.92 Å². The molecule has 80 valence electrons. The number of nitrogens with one attached hydrogen (secondary N) is 1. The van der Waals surface area contributed by atoms with Gasteiger partial charge in [0.15, 0.2) is 0 Å². The number of fused-ring (bicyclic) bond motifs is 1. The molecule has 3 atom stereocenters. The molecule has 3 nitrogen and oxygen atoms in total. The predicted octanol–water partition coefficient (Wildman–Crippen LogP) is 0.995. The molecule has 1 amide bonds. The van der Waals surface area contributed by atoms with Crippen molar-refractivity contribution in [2.45, 2.75) is 44.2 Å². The number of nitrogens with zero attached hydrogens (tertiary/aromatic N) is 1. The van der Waals surface area contributed by atoms with Gasteiger partial charge in [-0.15, -0.1) is 0 Å². The van der Waals surface area contributed by atoms with Gasteiger partial charge in [-0.3, -0.25) is 9.69 Å². The molecule has 0 bridgehead atoms. The van der Waals surface area contributed by atoms with Crippen LogP contribution in [0.15, 0.2) is 0 Å². The van der Waals surface area contributed by atoms with Gasteiger partial charge < -0.3 is 5.32 Å². The van der Waals surface area contributed by atoms with E-state index >= 15 is 0 Å². The summed E-state index contributed by atoms with van der Waals surface area (Å²) in [6.45, 7) is 0. The maximum atomic E-state index is 11.6. The normalized spacial score (nSPS) is 38.0. The van der Waals surface area contributed by atoms with Gasteiger partial charge in [0.25, 0.3) is 0 Å². The van der Waals surface area contributed by atoms with Crippen molar-refractivity contribution >= 4 is 5.91 Å². The Labute approximate surface area is 85.8 Å². The zero-order valence-corrected chi connectivity index (χ0v) is 9.12. The second-order valence-electron chi connectivity index (χ2n) is 4.64. The van der Waals surface area contributed by atoms with Gasteiger partial charge >= 0.3 is 0 Å². The first-order valence-corrected chi connectivity index (χ1v) is 5.67. The van der Waals surface area contributed by atoms with E-state index in [-0.39, 0.29) is 11.9 Å². The first-order chi connectivity index (χ1) is 6.74. The summed E-state index contributed by atoms with van der Waals surface area (Å²) < 4.78 is 0. The van der Waals surface area contributed by atoms with Crippen LogP contribution < -0.4 is 5.32 Å². The number of hydrogen-bond donors (Lipinski definition) is 1. The summed E-state index contributed by atoms with van der Waals surface area (Å²) >= 11 is 0. The third kappa shape index (κ3) is 1.54. The molecule has 1 aliphatic carbocycles. The highest BCUT2D eigenvalue weighted by Crippen LogP contribution is 2.38. The van der Waals surface area contributed by atoms with Crippen molar-refractivity contribution in [1.82, 2.24) is 10.2 Å². The Hall–Kier alpha value is -0.570. The average Bonchev–Trinajstić information content (AvgIpc) is 2.56. The summed E-state index contributed by atoms with van der Waals surface area (Å²) in [5.41, 5.74) is 0. The van der Waals surface area contributed by atoms with Gasteiger partial charge in [0.2, 0.25) is 5.91 Å². The van der Waals surface area contributed by atoms with Crippen LogP contribution >= 0.6 is 0 Å². The second-order valence-corrected chi connectivity index (χ2v) is 4.64. The number of rotatable bonds is 1. The monoisotopic (exact) mass is 196 g/mol. The van der Waals surface area contributed by atoms with Crippen LogP contribution in [0.2, 0.25) is 0 Å². The number of carbonyl (C=O) groups excluding carboxylic acids is 1. The molecular weight excluding hydrogens is 176 g/mol. The van der Waals surface area contributed by atoms with Gasteiger partial charge in [0, 0.05) is 13.1 Å². The fraction of sp³-hybridized carbons (Fsp3) is 0.909. The average molecular weight is 196 g/mol. The Balaban J connectivity index is 2.06. The number of hydrogen-bond acceptors (Lipinski definition) is 2. The van der Waals surface area contributed by atoms with E-state index in [1.54, 1.807) is 7.05 Å². The Morgan fingerprint density at radius 1 is 1.36 bits per heavy atom. The standard InChI is InChI=1S/C11H20N2O/c1-12-11(14)10-7-8-5-3-4-6-9(8)13(10)2/h8-10H,3-7H2,1-2H3,(H,12,14)/t8-,9-,10-/m0/s1. The fourth-order valence-corrected chi connectivity index (χ4v) is 3.14. The summed E-state index contributed by atoms with van der Waals surface area (Å²) in [4.78, 5) is 13.9. The molecule has 1 saturated carbocycles. The van der Waals surface area contributed by atoms with Gasteiger partial charge in [-0.25, -0.2) is 0 Å². The molecule has 0 spiro atoms. The minimum Gasteiger partial charge on any atom is -0.358 e. The van der Waals surface area contributed by atoms with Crippen molar-refractivity contribution < 1.29 is 4.79 Å². The third-order valence-electron chi connectivity index (χ3n) is 3.96. The van der Waals surface area contributed by atoms with E-state index in [0.29, 0.717) is 6.04 Å². The van der Waals surface area contributed by atoms with E-state index in [0.717, 1.165) is 12.3 Å².